The van der Waals surface area contributed by atoms with Gasteiger partial charge in [0.05, 0.1) is 12.5 Å². The molecule has 2 unspecified atom stereocenters. The van der Waals surface area contributed by atoms with Crippen LogP contribution in [0.2, 0.25) is 0 Å². The molecule has 0 aromatic carbocycles. The molecule has 3 rings (SSSR count). The molecule has 0 amide bonds. The Balaban J connectivity index is 0.00000280. The highest BCUT2D eigenvalue weighted by molar-refractivity contribution is 14.0. The quantitative estimate of drug-likeness (QED) is 0.340. The molecule has 0 aliphatic heterocycles. The van der Waals surface area contributed by atoms with Gasteiger partial charge in [-0.1, -0.05) is 6.42 Å². The molecule has 28 heavy (non-hydrogen) atoms. The largest absolute Gasteiger partial charge is 0.477 e. The summed E-state index contributed by atoms with van der Waals surface area (Å²) < 4.78 is 44.6. The van der Waals surface area contributed by atoms with Gasteiger partial charge in [0.25, 0.3) is 0 Å². The smallest absolute Gasteiger partial charge is 0.391 e. The molecular formula is C19H28F3IN4O. The minimum absolute atomic E-state index is 0. The first-order valence-electron chi connectivity index (χ1n) is 9.55. The predicted octanol–water partition coefficient (Wildman–Crippen LogP) is 4.27. The van der Waals surface area contributed by atoms with E-state index in [9.17, 15) is 13.2 Å². The van der Waals surface area contributed by atoms with Gasteiger partial charge in [-0.15, -0.1) is 24.0 Å². The molecule has 1 aromatic rings. The third kappa shape index (κ3) is 7.29. The van der Waals surface area contributed by atoms with Gasteiger partial charge in [0.2, 0.25) is 5.88 Å². The molecule has 0 radical (unpaired) electrons. The van der Waals surface area contributed by atoms with Crippen molar-refractivity contribution in [3.05, 3.63) is 23.9 Å². The van der Waals surface area contributed by atoms with E-state index in [1.165, 1.54) is 12.8 Å². The van der Waals surface area contributed by atoms with E-state index in [4.69, 9.17) is 4.74 Å². The number of rotatable bonds is 6. The van der Waals surface area contributed by atoms with Crippen molar-refractivity contribution in [3.63, 3.8) is 0 Å². The molecule has 2 N–H and O–H groups in total. The van der Waals surface area contributed by atoms with Gasteiger partial charge in [-0.3, -0.25) is 4.99 Å². The third-order valence-electron chi connectivity index (χ3n) is 5.12. The van der Waals surface area contributed by atoms with Crippen LogP contribution in [0.4, 0.5) is 13.2 Å². The molecule has 158 valence electrons. The van der Waals surface area contributed by atoms with E-state index in [0.717, 1.165) is 12.0 Å². The third-order valence-corrected chi connectivity index (χ3v) is 5.12. The second kappa shape index (κ2) is 10.5. The van der Waals surface area contributed by atoms with Crippen LogP contribution in [0.3, 0.4) is 0 Å². The maximum Gasteiger partial charge on any atom is 0.391 e. The SMILES string of the molecule is CN=C(NCc1ccnc(OCC2CC2)c1)NC1CCCC(C(F)(F)F)C1.I. The van der Waals surface area contributed by atoms with E-state index in [0.29, 0.717) is 37.3 Å². The lowest BCUT2D eigenvalue weighted by Gasteiger charge is -2.31. The number of pyridine rings is 1. The molecule has 2 fully saturated rings. The van der Waals surface area contributed by atoms with Crippen LogP contribution in [0.5, 0.6) is 5.88 Å². The van der Waals surface area contributed by atoms with E-state index in [1.54, 1.807) is 13.2 Å². The number of halogens is 4. The van der Waals surface area contributed by atoms with Gasteiger partial charge < -0.3 is 15.4 Å². The zero-order valence-corrected chi connectivity index (χ0v) is 18.3. The Morgan fingerprint density at radius 2 is 2.07 bits per heavy atom. The first-order valence-corrected chi connectivity index (χ1v) is 9.55. The van der Waals surface area contributed by atoms with Crippen LogP contribution in [-0.4, -0.2) is 36.8 Å². The number of alkyl halides is 3. The van der Waals surface area contributed by atoms with Gasteiger partial charge >= 0.3 is 6.18 Å². The van der Waals surface area contributed by atoms with Gasteiger partial charge in [-0.25, -0.2) is 4.98 Å². The summed E-state index contributed by atoms with van der Waals surface area (Å²) in [6.07, 6.45) is 1.63. The Labute approximate surface area is 180 Å². The van der Waals surface area contributed by atoms with Crippen LogP contribution < -0.4 is 15.4 Å². The molecular weight excluding hydrogens is 484 g/mol. The summed E-state index contributed by atoms with van der Waals surface area (Å²) in [4.78, 5) is 8.35. The number of nitrogens with zero attached hydrogens (tertiary/aromatic N) is 2. The highest BCUT2D eigenvalue weighted by Crippen LogP contribution is 2.37. The Kier molecular flexibility index (Phi) is 8.63. The number of hydrogen-bond donors (Lipinski definition) is 2. The Bertz CT molecular complexity index is 652. The Morgan fingerprint density at radius 1 is 1.29 bits per heavy atom. The Morgan fingerprint density at radius 3 is 2.75 bits per heavy atom. The number of aromatic nitrogens is 1. The van der Waals surface area contributed by atoms with Crippen LogP contribution in [0.25, 0.3) is 0 Å². The molecule has 2 aliphatic carbocycles. The van der Waals surface area contributed by atoms with Crippen LogP contribution in [0.15, 0.2) is 23.3 Å². The summed E-state index contributed by atoms with van der Waals surface area (Å²) in [5.41, 5.74) is 0.982. The zero-order chi connectivity index (χ0) is 19.3. The summed E-state index contributed by atoms with van der Waals surface area (Å²) in [5, 5.41) is 6.30. The van der Waals surface area contributed by atoms with E-state index in [1.807, 2.05) is 12.1 Å². The van der Waals surface area contributed by atoms with Crippen molar-refractivity contribution in [2.45, 2.75) is 57.3 Å². The van der Waals surface area contributed by atoms with Gasteiger partial charge in [-0.05, 0) is 49.7 Å². The van der Waals surface area contributed by atoms with Crippen molar-refractivity contribution >= 4 is 29.9 Å². The van der Waals surface area contributed by atoms with Crippen LogP contribution >= 0.6 is 24.0 Å². The first kappa shape index (κ1) is 23.0. The molecule has 9 heteroatoms. The molecule has 1 aromatic heterocycles. The standard InChI is InChI=1S/C19H27F3N4O.HI/c1-23-18(26-16-4-2-3-15(10-16)19(20,21)22)25-11-14-7-8-24-17(9-14)27-12-13-5-6-13;/h7-9,13,15-16H,2-6,10-12H2,1H3,(H2,23,25,26);1H. The summed E-state index contributed by atoms with van der Waals surface area (Å²) in [7, 11) is 1.62. The van der Waals surface area contributed by atoms with Crippen LogP contribution in [0, 0.1) is 11.8 Å². The topological polar surface area (TPSA) is 58.5 Å². The molecule has 2 saturated carbocycles. The normalized spacial score (nSPS) is 22.9. The van der Waals surface area contributed by atoms with Gasteiger partial charge in [0.1, 0.15) is 0 Å². The van der Waals surface area contributed by atoms with Crippen molar-refractivity contribution in [2.75, 3.05) is 13.7 Å². The fraction of sp³-hybridized carbons (Fsp3) is 0.684. The number of guanidine groups is 1. The zero-order valence-electron chi connectivity index (χ0n) is 16.0. The monoisotopic (exact) mass is 512 g/mol. The highest BCUT2D eigenvalue weighted by atomic mass is 127. The molecule has 5 nitrogen and oxygen atoms in total. The minimum atomic E-state index is -4.12. The number of aliphatic imine (C=N–C) groups is 1. The average Bonchev–Trinajstić information content (AvgIpc) is 3.48. The number of nitrogens with one attached hydrogen (secondary N) is 2. The van der Waals surface area contributed by atoms with Crippen molar-refractivity contribution in [3.8, 4) is 5.88 Å². The Hall–Kier alpha value is -1.26. The van der Waals surface area contributed by atoms with E-state index in [2.05, 4.69) is 20.6 Å². The lowest BCUT2D eigenvalue weighted by molar-refractivity contribution is -0.183. The number of hydrogen-bond acceptors (Lipinski definition) is 3. The molecule has 2 atom stereocenters. The maximum atomic E-state index is 13.0. The van der Waals surface area contributed by atoms with Gasteiger partial charge in [0, 0.05) is 31.9 Å². The summed E-state index contributed by atoms with van der Waals surface area (Å²) in [6.45, 7) is 1.20. The highest BCUT2D eigenvalue weighted by Gasteiger charge is 2.42. The fourth-order valence-electron chi connectivity index (χ4n) is 3.32. The van der Waals surface area contributed by atoms with Crippen LogP contribution in [0.1, 0.15) is 44.1 Å². The van der Waals surface area contributed by atoms with E-state index < -0.39 is 12.1 Å². The second-order valence-corrected chi connectivity index (χ2v) is 7.43. The lowest BCUT2D eigenvalue weighted by atomic mass is 9.85. The minimum Gasteiger partial charge on any atom is -0.477 e. The predicted molar refractivity (Wildman–Crippen MR) is 113 cm³/mol. The molecule has 1 heterocycles. The van der Waals surface area contributed by atoms with Gasteiger partial charge in [0.15, 0.2) is 5.96 Å². The summed E-state index contributed by atoms with van der Waals surface area (Å²) in [5.74, 6) is 0.547. The van der Waals surface area contributed by atoms with E-state index >= 15 is 0 Å². The van der Waals surface area contributed by atoms with Crippen molar-refractivity contribution in [2.24, 2.45) is 16.8 Å². The molecule has 0 saturated heterocycles. The molecule has 2 aliphatic rings. The maximum absolute atomic E-state index is 13.0. The van der Waals surface area contributed by atoms with Crippen LogP contribution in [-0.2, 0) is 6.54 Å². The fourth-order valence-corrected chi connectivity index (χ4v) is 3.32. The van der Waals surface area contributed by atoms with Crippen molar-refractivity contribution < 1.29 is 17.9 Å². The van der Waals surface area contributed by atoms with E-state index in [-0.39, 0.29) is 42.9 Å². The summed E-state index contributed by atoms with van der Waals surface area (Å²) in [6, 6.07) is 3.54. The molecule has 0 bridgehead atoms. The second-order valence-electron chi connectivity index (χ2n) is 7.43. The molecule has 0 spiro atoms. The van der Waals surface area contributed by atoms with Crippen molar-refractivity contribution in [1.29, 1.82) is 0 Å². The summed E-state index contributed by atoms with van der Waals surface area (Å²) >= 11 is 0. The average molecular weight is 512 g/mol. The lowest BCUT2D eigenvalue weighted by Crippen LogP contribution is -2.46. The first-order chi connectivity index (χ1) is 12.9. The number of ether oxygens (including phenoxy) is 1. The van der Waals surface area contributed by atoms with Gasteiger partial charge in [-0.2, -0.15) is 13.2 Å². The van der Waals surface area contributed by atoms with Crippen molar-refractivity contribution in [1.82, 2.24) is 15.6 Å².